The van der Waals surface area contributed by atoms with E-state index in [2.05, 4.69) is 6.58 Å². The Labute approximate surface area is 46.9 Å². The molecule has 0 spiro atoms. The number of hydrogen-bond donors (Lipinski definition) is 0. The summed E-state index contributed by atoms with van der Waals surface area (Å²) in [6, 6.07) is 0. The van der Waals surface area contributed by atoms with E-state index in [0.717, 1.165) is 0 Å². The summed E-state index contributed by atoms with van der Waals surface area (Å²) in [5.74, 6) is 0. The fourth-order valence-electron chi connectivity index (χ4n) is 0.0680. The van der Waals surface area contributed by atoms with Gasteiger partial charge in [0.05, 0.1) is 0 Å². The van der Waals surface area contributed by atoms with Crippen molar-refractivity contribution in [3.8, 4) is 0 Å². The lowest BCUT2D eigenvalue weighted by Gasteiger charge is -2.22. The highest BCUT2D eigenvalue weighted by Gasteiger charge is 1.99. The van der Waals surface area contributed by atoms with Crippen molar-refractivity contribution in [1.29, 1.82) is 0 Å². The molecule has 2 heteroatoms. The number of hydrogen-bond acceptors (Lipinski definition) is 1. The second kappa shape index (κ2) is 2.38. The van der Waals surface area contributed by atoms with E-state index in [9.17, 15) is 0 Å². The van der Waals surface area contributed by atoms with Gasteiger partial charge in [0.25, 0.3) is 0 Å². The highest BCUT2D eigenvalue weighted by Crippen LogP contribution is 2.40. The average molecular weight is 120 g/mol. The van der Waals surface area contributed by atoms with E-state index in [4.69, 9.17) is 4.18 Å². The molecule has 0 radical (unpaired) electrons. The van der Waals surface area contributed by atoms with Crippen LogP contribution in [-0.4, -0.2) is 19.6 Å². The lowest BCUT2D eigenvalue weighted by atomic mass is 11.3. The fourth-order valence-corrected chi connectivity index (χ4v) is 0.204. The van der Waals surface area contributed by atoms with Crippen molar-refractivity contribution >= 4 is 10.3 Å². The summed E-state index contributed by atoms with van der Waals surface area (Å²) in [5, 5.41) is 1.85. The van der Waals surface area contributed by atoms with Gasteiger partial charge in [-0.25, -0.2) is 0 Å². The lowest BCUT2D eigenvalue weighted by Crippen LogP contribution is -1.89. The van der Waals surface area contributed by atoms with E-state index in [1.165, 1.54) is 0 Å². The van der Waals surface area contributed by atoms with Gasteiger partial charge in [-0.15, -0.1) is 10.3 Å². The van der Waals surface area contributed by atoms with E-state index < -0.39 is 10.3 Å². The molecule has 0 bridgehead atoms. The van der Waals surface area contributed by atoms with Crippen LogP contribution in [0.5, 0.6) is 0 Å². The first-order valence-corrected chi connectivity index (χ1v) is 4.47. The molecule has 0 aliphatic rings. The van der Waals surface area contributed by atoms with Crippen LogP contribution in [0, 0.1) is 0 Å². The predicted octanol–water partition coefficient (Wildman–Crippen LogP) is 1.76. The minimum atomic E-state index is -0.894. The first-order valence-electron chi connectivity index (χ1n) is 2.04. The molecule has 7 heavy (non-hydrogen) atoms. The topological polar surface area (TPSA) is 9.23 Å². The summed E-state index contributed by atoms with van der Waals surface area (Å²) in [5.41, 5.74) is 0. The van der Waals surface area contributed by atoms with E-state index in [1.807, 2.05) is 17.9 Å². The Morgan fingerprint density at radius 1 is 1.57 bits per heavy atom. The Bertz CT molecular complexity index is 68.5. The molecule has 0 heterocycles. The molecule has 0 amide bonds. The zero-order valence-corrected chi connectivity index (χ0v) is 5.92. The molecule has 0 unspecified atom stereocenters. The van der Waals surface area contributed by atoms with Gasteiger partial charge in [0.1, 0.15) is 0 Å². The maximum Gasteiger partial charge on any atom is 0.0485 e. The molecule has 0 aromatic carbocycles. The summed E-state index contributed by atoms with van der Waals surface area (Å²) in [4.78, 5) is 0. The van der Waals surface area contributed by atoms with Crippen LogP contribution in [0.3, 0.4) is 0 Å². The maximum absolute atomic E-state index is 5.05. The van der Waals surface area contributed by atoms with Crippen molar-refractivity contribution in [1.82, 2.24) is 0 Å². The Balaban J connectivity index is 3.58. The largest absolute Gasteiger partial charge is 0.337 e. The van der Waals surface area contributed by atoms with Gasteiger partial charge in [0.15, 0.2) is 0 Å². The molecule has 0 saturated carbocycles. The second-order valence-corrected chi connectivity index (χ2v) is 4.93. The standard InChI is InChI=1S/C5H12OS/c1-5-7(3,4)6-2/h5H,1H2,2-4H3. The SMILES string of the molecule is C=CS(C)(C)OC. The van der Waals surface area contributed by atoms with Crippen LogP contribution in [-0.2, 0) is 4.18 Å². The van der Waals surface area contributed by atoms with Crippen molar-refractivity contribution < 1.29 is 4.18 Å². The van der Waals surface area contributed by atoms with Crippen LogP contribution in [0.2, 0.25) is 0 Å². The van der Waals surface area contributed by atoms with Gasteiger partial charge in [-0.2, -0.15) is 0 Å². The molecule has 0 aliphatic heterocycles. The normalized spacial score (nSPS) is 13.6. The Kier molecular flexibility index (Phi) is 2.40. The smallest absolute Gasteiger partial charge is 0.0485 e. The van der Waals surface area contributed by atoms with Crippen molar-refractivity contribution in [3.05, 3.63) is 12.0 Å². The van der Waals surface area contributed by atoms with Gasteiger partial charge in [-0.05, 0) is 17.9 Å². The van der Waals surface area contributed by atoms with Crippen LogP contribution in [0.25, 0.3) is 0 Å². The van der Waals surface area contributed by atoms with Crippen molar-refractivity contribution in [2.24, 2.45) is 0 Å². The maximum atomic E-state index is 5.05. The molecule has 0 N–H and O–H groups in total. The molecule has 44 valence electrons. The Morgan fingerprint density at radius 2 is 2.00 bits per heavy atom. The van der Waals surface area contributed by atoms with Crippen molar-refractivity contribution in [3.63, 3.8) is 0 Å². The van der Waals surface area contributed by atoms with Gasteiger partial charge in [0.2, 0.25) is 0 Å². The van der Waals surface area contributed by atoms with Crippen molar-refractivity contribution in [2.45, 2.75) is 0 Å². The molecule has 0 aromatic rings. The van der Waals surface area contributed by atoms with Gasteiger partial charge in [-0.3, -0.25) is 0 Å². The quantitative estimate of drug-likeness (QED) is 0.539. The first-order chi connectivity index (χ1) is 3.12. The Hall–Kier alpha value is 0.0500. The van der Waals surface area contributed by atoms with E-state index in [1.54, 1.807) is 7.11 Å². The van der Waals surface area contributed by atoms with E-state index in [-0.39, 0.29) is 0 Å². The third kappa shape index (κ3) is 2.71. The molecular weight excluding hydrogens is 108 g/mol. The molecule has 0 atom stereocenters. The van der Waals surface area contributed by atoms with Gasteiger partial charge < -0.3 is 4.18 Å². The average Bonchev–Trinajstić information content (AvgIpc) is 1.68. The molecular formula is C5H12OS. The predicted molar refractivity (Wildman–Crippen MR) is 36.6 cm³/mol. The van der Waals surface area contributed by atoms with Crippen molar-refractivity contribution in [2.75, 3.05) is 19.6 Å². The van der Waals surface area contributed by atoms with Crippen LogP contribution >= 0.6 is 10.3 Å². The van der Waals surface area contributed by atoms with Gasteiger partial charge >= 0.3 is 0 Å². The summed E-state index contributed by atoms with van der Waals surface area (Å²) >= 11 is 0. The third-order valence-electron chi connectivity index (χ3n) is 0.831. The van der Waals surface area contributed by atoms with Crippen LogP contribution in [0.4, 0.5) is 0 Å². The van der Waals surface area contributed by atoms with Crippen LogP contribution in [0.15, 0.2) is 12.0 Å². The summed E-state index contributed by atoms with van der Waals surface area (Å²) in [6.45, 7) is 3.62. The molecule has 0 aromatic heterocycles. The third-order valence-corrected chi connectivity index (χ3v) is 2.49. The van der Waals surface area contributed by atoms with Gasteiger partial charge in [0, 0.05) is 7.11 Å². The lowest BCUT2D eigenvalue weighted by molar-refractivity contribution is 0.476. The van der Waals surface area contributed by atoms with E-state index in [0.29, 0.717) is 0 Å². The first kappa shape index (κ1) is 7.05. The molecule has 0 saturated heterocycles. The highest BCUT2D eigenvalue weighted by atomic mass is 32.3. The monoisotopic (exact) mass is 120 g/mol. The summed E-state index contributed by atoms with van der Waals surface area (Å²) in [6.07, 6.45) is 4.08. The second-order valence-electron chi connectivity index (χ2n) is 1.64. The summed E-state index contributed by atoms with van der Waals surface area (Å²) < 4.78 is 5.05. The van der Waals surface area contributed by atoms with E-state index >= 15 is 0 Å². The zero-order chi connectivity index (χ0) is 5.91. The van der Waals surface area contributed by atoms with Gasteiger partial charge in [-0.1, -0.05) is 6.58 Å². The zero-order valence-electron chi connectivity index (χ0n) is 5.10. The van der Waals surface area contributed by atoms with Crippen LogP contribution < -0.4 is 0 Å². The minimum absolute atomic E-state index is 0.894. The molecule has 0 fully saturated rings. The minimum Gasteiger partial charge on any atom is -0.337 e. The molecule has 0 rings (SSSR count). The highest BCUT2D eigenvalue weighted by molar-refractivity contribution is 8.31. The molecule has 1 nitrogen and oxygen atoms in total. The summed E-state index contributed by atoms with van der Waals surface area (Å²) in [7, 11) is 0.812. The number of rotatable bonds is 2. The fraction of sp³-hybridized carbons (Fsp3) is 0.600. The van der Waals surface area contributed by atoms with Crippen LogP contribution in [0.1, 0.15) is 0 Å². The Morgan fingerprint density at radius 3 is 2.00 bits per heavy atom. The molecule has 0 aliphatic carbocycles.